The van der Waals surface area contributed by atoms with Crippen molar-refractivity contribution in [2.24, 2.45) is 5.92 Å². The first kappa shape index (κ1) is 17.3. The van der Waals surface area contributed by atoms with Gasteiger partial charge in [0.15, 0.2) is 0 Å². The molecule has 0 aliphatic carbocycles. The summed E-state index contributed by atoms with van der Waals surface area (Å²) in [4.78, 5) is 16.3. The van der Waals surface area contributed by atoms with Crippen LogP contribution in [0.1, 0.15) is 32.4 Å². The number of halogens is 1. The van der Waals surface area contributed by atoms with Crippen molar-refractivity contribution in [3.63, 3.8) is 0 Å². The van der Waals surface area contributed by atoms with Crippen molar-refractivity contribution in [1.82, 2.24) is 9.80 Å². The monoisotopic (exact) mass is 324 g/mol. The number of aliphatic carboxylic acids is 1. The van der Waals surface area contributed by atoms with Gasteiger partial charge < -0.3 is 10.0 Å². The molecule has 2 atom stereocenters. The van der Waals surface area contributed by atoms with Crippen molar-refractivity contribution in [3.05, 3.63) is 34.9 Å². The molecule has 2 unspecified atom stereocenters. The van der Waals surface area contributed by atoms with Crippen LogP contribution in [0.25, 0.3) is 0 Å². The van der Waals surface area contributed by atoms with Gasteiger partial charge in [-0.2, -0.15) is 0 Å². The summed E-state index contributed by atoms with van der Waals surface area (Å²) >= 11 is 6.03. The first-order valence-electron chi connectivity index (χ1n) is 7.85. The zero-order valence-corrected chi connectivity index (χ0v) is 14.3. The van der Waals surface area contributed by atoms with E-state index in [1.54, 1.807) is 12.1 Å². The summed E-state index contributed by atoms with van der Waals surface area (Å²) in [5, 5.41) is 10.3. The van der Waals surface area contributed by atoms with Crippen LogP contribution in [-0.4, -0.2) is 53.1 Å². The Bertz CT molecular complexity index is 521. The molecule has 1 aliphatic heterocycles. The lowest BCUT2D eigenvalue weighted by Gasteiger charge is -2.43. The molecule has 5 heteroatoms. The second-order valence-corrected chi connectivity index (χ2v) is 6.97. The average molecular weight is 325 g/mol. The molecule has 1 saturated heterocycles. The predicted molar refractivity (Wildman–Crippen MR) is 89.3 cm³/mol. The van der Waals surface area contributed by atoms with Crippen LogP contribution in [0.3, 0.4) is 0 Å². The minimum atomic E-state index is -0.813. The largest absolute Gasteiger partial charge is 0.480 e. The van der Waals surface area contributed by atoms with E-state index in [1.807, 2.05) is 12.1 Å². The van der Waals surface area contributed by atoms with Crippen molar-refractivity contribution >= 4 is 17.6 Å². The van der Waals surface area contributed by atoms with Crippen LogP contribution in [0.5, 0.6) is 0 Å². The van der Waals surface area contributed by atoms with Crippen molar-refractivity contribution in [2.75, 3.05) is 26.2 Å². The van der Waals surface area contributed by atoms with Crippen molar-refractivity contribution in [2.45, 2.75) is 32.9 Å². The molecule has 1 fully saturated rings. The smallest absolute Gasteiger partial charge is 0.325 e. The Morgan fingerprint density at radius 3 is 2.68 bits per heavy atom. The molecule has 22 heavy (non-hydrogen) atoms. The topological polar surface area (TPSA) is 43.8 Å². The second kappa shape index (κ2) is 7.44. The lowest BCUT2D eigenvalue weighted by molar-refractivity contribution is -0.145. The SMILES string of the molecule is CC(C)CN1CCN(C(C(=O)O)c2cccc(Cl)c2)C(C)C1. The molecule has 0 aromatic heterocycles. The van der Waals surface area contributed by atoms with E-state index < -0.39 is 12.0 Å². The van der Waals surface area contributed by atoms with Gasteiger partial charge in [-0.15, -0.1) is 0 Å². The highest BCUT2D eigenvalue weighted by molar-refractivity contribution is 6.30. The molecule has 1 N–H and O–H groups in total. The standard InChI is InChI=1S/C17H25ClN2O2/c1-12(2)10-19-7-8-20(13(3)11-19)16(17(21)22)14-5-4-6-15(18)9-14/h4-6,9,12-13,16H,7-8,10-11H2,1-3H3,(H,21,22). The zero-order chi connectivity index (χ0) is 16.3. The maximum Gasteiger partial charge on any atom is 0.325 e. The molecule has 4 nitrogen and oxygen atoms in total. The molecule has 0 radical (unpaired) electrons. The number of hydrogen-bond acceptors (Lipinski definition) is 3. The van der Waals surface area contributed by atoms with Gasteiger partial charge in [-0.05, 0) is 30.5 Å². The second-order valence-electron chi connectivity index (χ2n) is 6.54. The molecule has 0 saturated carbocycles. The van der Waals surface area contributed by atoms with E-state index >= 15 is 0 Å². The quantitative estimate of drug-likeness (QED) is 0.903. The Balaban J connectivity index is 2.15. The Morgan fingerprint density at radius 2 is 2.14 bits per heavy atom. The minimum Gasteiger partial charge on any atom is -0.480 e. The molecule has 122 valence electrons. The van der Waals surface area contributed by atoms with Crippen molar-refractivity contribution < 1.29 is 9.90 Å². The number of carboxylic acid groups (broad SMARTS) is 1. The average Bonchev–Trinajstić information content (AvgIpc) is 2.40. The van der Waals surface area contributed by atoms with E-state index in [9.17, 15) is 9.90 Å². The summed E-state index contributed by atoms with van der Waals surface area (Å²) < 4.78 is 0. The summed E-state index contributed by atoms with van der Waals surface area (Å²) in [6.07, 6.45) is 0. The summed E-state index contributed by atoms with van der Waals surface area (Å²) in [5.41, 5.74) is 0.754. The van der Waals surface area contributed by atoms with Gasteiger partial charge in [0.2, 0.25) is 0 Å². The van der Waals surface area contributed by atoms with Crippen molar-refractivity contribution in [1.29, 1.82) is 0 Å². The van der Waals surface area contributed by atoms with Gasteiger partial charge in [0.1, 0.15) is 6.04 Å². The summed E-state index contributed by atoms with van der Waals surface area (Å²) in [6.45, 7) is 10.2. The molecule has 0 spiro atoms. The zero-order valence-electron chi connectivity index (χ0n) is 13.5. The van der Waals surface area contributed by atoms with Gasteiger partial charge in [-0.25, -0.2) is 0 Å². The molecule has 1 aliphatic rings. The molecular weight excluding hydrogens is 300 g/mol. The Kier molecular flexibility index (Phi) is 5.84. The number of carbonyl (C=O) groups is 1. The first-order valence-corrected chi connectivity index (χ1v) is 8.22. The number of nitrogens with zero attached hydrogens (tertiary/aromatic N) is 2. The van der Waals surface area contributed by atoms with Crippen LogP contribution in [0.4, 0.5) is 0 Å². The van der Waals surface area contributed by atoms with E-state index in [0.29, 0.717) is 10.9 Å². The fraction of sp³-hybridized carbons (Fsp3) is 0.588. The predicted octanol–water partition coefficient (Wildman–Crippen LogP) is 3.13. The van der Waals surface area contributed by atoms with Gasteiger partial charge >= 0.3 is 5.97 Å². The van der Waals surface area contributed by atoms with E-state index in [4.69, 9.17) is 11.6 Å². The third-order valence-corrected chi connectivity index (χ3v) is 4.35. The van der Waals surface area contributed by atoms with Gasteiger partial charge in [0, 0.05) is 37.2 Å². The van der Waals surface area contributed by atoms with Gasteiger partial charge in [-0.1, -0.05) is 37.6 Å². The lowest BCUT2D eigenvalue weighted by atomic mass is 10.0. The van der Waals surface area contributed by atoms with Crippen molar-refractivity contribution in [3.8, 4) is 0 Å². The van der Waals surface area contributed by atoms with Gasteiger partial charge in [0.05, 0.1) is 0 Å². The fourth-order valence-electron chi connectivity index (χ4n) is 3.27. The fourth-order valence-corrected chi connectivity index (χ4v) is 3.46. The van der Waals surface area contributed by atoms with E-state index in [2.05, 4.69) is 30.6 Å². The van der Waals surface area contributed by atoms with Gasteiger partial charge in [0.25, 0.3) is 0 Å². The molecule has 0 bridgehead atoms. The van der Waals surface area contributed by atoms with E-state index in [1.165, 1.54) is 0 Å². The maximum atomic E-state index is 11.8. The Morgan fingerprint density at radius 1 is 1.41 bits per heavy atom. The summed E-state index contributed by atoms with van der Waals surface area (Å²) in [5.74, 6) is -0.187. The van der Waals surface area contributed by atoms with E-state index in [0.717, 1.165) is 31.7 Å². The van der Waals surface area contributed by atoms with Crippen LogP contribution in [0.2, 0.25) is 5.02 Å². The summed E-state index contributed by atoms with van der Waals surface area (Å²) in [7, 11) is 0. The number of rotatable bonds is 5. The number of carboxylic acids is 1. The maximum absolute atomic E-state index is 11.8. The number of benzene rings is 1. The van der Waals surface area contributed by atoms with Crippen LogP contribution < -0.4 is 0 Å². The third kappa shape index (κ3) is 4.22. The molecule has 1 aromatic carbocycles. The highest BCUT2D eigenvalue weighted by atomic mass is 35.5. The number of piperazine rings is 1. The minimum absolute atomic E-state index is 0.201. The first-order chi connectivity index (χ1) is 10.4. The third-order valence-electron chi connectivity index (χ3n) is 4.12. The lowest BCUT2D eigenvalue weighted by Crippen LogP contribution is -2.54. The Labute approximate surface area is 137 Å². The molecule has 1 heterocycles. The highest BCUT2D eigenvalue weighted by Gasteiger charge is 2.34. The van der Waals surface area contributed by atoms with Gasteiger partial charge in [-0.3, -0.25) is 9.69 Å². The molecule has 2 rings (SSSR count). The van der Waals surface area contributed by atoms with Crippen LogP contribution >= 0.6 is 11.6 Å². The molecule has 0 amide bonds. The summed E-state index contributed by atoms with van der Waals surface area (Å²) in [6, 6.07) is 6.76. The van der Waals surface area contributed by atoms with Crippen LogP contribution in [-0.2, 0) is 4.79 Å². The highest BCUT2D eigenvalue weighted by Crippen LogP contribution is 2.27. The Hall–Kier alpha value is -1.10. The van der Waals surface area contributed by atoms with Crippen LogP contribution in [0, 0.1) is 5.92 Å². The molecule has 1 aromatic rings. The molecular formula is C17H25ClN2O2. The van der Waals surface area contributed by atoms with E-state index in [-0.39, 0.29) is 6.04 Å². The van der Waals surface area contributed by atoms with Crippen LogP contribution in [0.15, 0.2) is 24.3 Å². The number of hydrogen-bond donors (Lipinski definition) is 1. The normalized spacial score (nSPS) is 22.0.